The van der Waals surface area contributed by atoms with E-state index in [4.69, 9.17) is 21.7 Å². The highest BCUT2D eigenvalue weighted by atomic mass is 79.9. The lowest BCUT2D eigenvalue weighted by atomic mass is 10.2. The highest BCUT2D eigenvalue weighted by Gasteiger charge is 2.15. The average Bonchev–Trinajstić information content (AvgIpc) is 2.72. The third-order valence-electron chi connectivity index (χ3n) is 3.94. The molecule has 2 amide bonds. The predicted octanol–water partition coefficient (Wildman–Crippen LogP) is 3.65. The van der Waals surface area contributed by atoms with Crippen LogP contribution in [0.5, 0.6) is 11.5 Å². The van der Waals surface area contributed by atoms with Gasteiger partial charge >= 0.3 is 0 Å². The average molecular weight is 494 g/mol. The molecule has 0 aliphatic rings. The zero-order valence-corrected chi connectivity index (χ0v) is 19.2. The summed E-state index contributed by atoms with van der Waals surface area (Å²) >= 11 is 8.43. The molecular formula is C21H24BrN3O4S. The molecule has 2 aromatic rings. The number of carbonyl (C=O) groups excluding carboxylic acids is 2. The Balaban J connectivity index is 1.84. The number of hydrogen-bond acceptors (Lipinski definition) is 5. The van der Waals surface area contributed by atoms with Crippen LogP contribution in [0, 0.1) is 6.92 Å². The Bertz CT molecular complexity index is 908. The summed E-state index contributed by atoms with van der Waals surface area (Å²) in [6, 6.07) is 12.5. The first-order valence-corrected chi connectivity index (χ1v) is 10.6. The predicted molar refractivity (Wildman–Crippen MR) is 123 cm³/mol. The van der Waals surface area contributed by atoms with Crippen LogP contribution in [0.3, 0.4) is 0 Å². The number of para-hydroxylation sites is 1. The SMILES string of the molecule is CCCCOc1ccc(Br)cc1C(=O)NC(=S)NNC(=O)COc1ccccc1C. The Hall–Kier alpha value is -2.65. The number of unbranched alkanes of at least 4 members (excludes halogenated alkanes) is 1. The minimum absolute atomic E-state index is 0.0521. The second-order valence-corrected chi connectivity index (χ2v) is 7.68. The first-order valence-electron chi connectivity index (χ1n) is 9.41. The highest BCUT2D eigenvalue weighted by molar-refractivity contribution is 9.10. The van der Waals surface area contributed by atoms with Gasteiger partial charge in [0.1, 0.15) is 11.5 Å². The number of hydrogen-bond donors (Lipinski definition) is 3. The van der Waals surface area contributed by atoms with Crippen LogP contribution in [0.15, 0.2) is 46.9 Å². The van der Waals surface area contributed by atoms with Gasteiger partial charge in [-0.1, -0.05) is 47.5 Å². The van der Waals surface area contributed by atoms with E-state index in [9.17, 15) is 9.59 Å². The van der Waals surface area contributed by atoms with Gasteiger partial charge in [-0.2, -0.15) is 0 Å². The van der Waals surface area contributed by atoms with Gasteiger partial charge in [0.25, 0.3) is 11.8 Å². The third-order valence-corrected chi connectivity index (χ3v) is 4.63. The van der Waals surface area contributed by atoms with E-state index in [1.165, 1.54) is 0 Å². The number of hydrazine groups is 1. The molecule has 0 saturated heterocycles. The summed E-state index contributed by atoms with van der Waals surface area (Å²) in [5.74, 6) is 0.183. The number of ether oxygens (including phenoxy) is 2. The molecule has 2 rings (SSSR count). The first kappa shape index (κ1) is 23.6. The van der Waals surface area contributed by atoms with Crippen molar-refractivity contribution in [3.8, 4) is 11.5 Å². The van der Waals surface area contributed by atoms with Crippen molar-refractivity contribution in [1.82, 2.24) is 16.2 Å². The van der Waals surface area contributed by atoms with Gasteiger partial charge in [-0.05, 0) is 55.4 Å². The smallest absolute Gasteiger partial charge is 0.276 e. The molecular weight excluding hydrogens is 470 g/mol. The number of benzene rings is 2. The van der Waals surface area contributed by atoms with E-state index in [-0.39, 0.29) is 11.7 Å². The summed E-state index contributed by atoms with van der Waals surface area (Å²) in [5, 5.41) is 2.47. The quantitative estimate of drug-likeness (QED) is 0.295. The zero-order valence-electron chi connectivity index (χ0n) is 16.8. The van der Waals surface area contributed by atoms with Crippen LogP contribution >= 0.6 is 28.1 Å². The number of amides is 2. The molecule has 30 heavy (non-hydrogen) atoms. The van der Waals surface area contributed by atoms with Crippen LogP contribution in [0.25, 0.3) is 0 Å². The third kappa shape index (κ3) is 7.64. The molecule has 0 saturated carbocycles. The van der Waals surface area contributed by atoms with Gasteiger partial charge in [-0.3, -0.25) is 25.8 Å². The number of nitrogens with one attached hydrogen (secondary N) is 3. The van der Waals surface area contributed by atoms with Crippen molar-refractivity contribution in [2.75, 3.05) is 13.2 Å². The van der Waals surface area contributed by atoms with Crippen molar-refractivity contribution in [2.24, 2.45) is 0 Å². The van der Waals surface area contributed by atoms with Gasteiger partial charge in [0.05, 0.1) is 12.2 Å². The maximum absolute atomic E-state index is 12.6. The normalized spacial score (nSPS) is 10.1. The lowest BCUT2D eigenvalue weighted by Gasteiger charge is -2.14. The van der Waals surface area contributed by atoms with Crippen LogP contribution in [-0.4, -0.2) is 30.1 Å². The van der Waals surface area contributed by atoms with Gasteiger partial charge in [-0.15, -0.1) is 0 Å². The molecule has 0 aliphatic carbocycles. The van der Waals surface area contributed by atoms with Crippen molar-refractivity contribution >= 4 is 45.1 Å². The number of thiocarbonyl (C=S) groups is 1. The largest absolute Gasteiger partial charge is 0.493 e. The molecule has 0 fully saturated rings. The second-order valence-electron chi connectivity index (χ2n) is 6.35. The fourth-order valence-corrected chi connectivity index (χ4v) is 2.86. The number of halogens is 1. The number of carbonyl (C=O) groups is 2. The molecule has 0 heterocycles. The Morgan fingerprint density at radius 2 is 1.83 bits per heavy atom. The maximum Gasteiger partial charge on any atom is 0.276 e. The molecule has 0 aliphatic heterocycles. The lowest BCUT2D eigenvalue weighted by molar-refractivity contribution is -0.123. The van der Waals surface area contributed by atoms with Crippen LogP contribution in [0.1, 0.15) is 35.7 Å². The molecule has 2 aromatic carbocycles. The fraction of sp³-hybridized carbons (Fsp3) is 0.286. The molecule has 9 heteroatoms. The summed E-state index contributed by atoms with van der Waals surface area (Å²) in [5.41, 5.74) is 6.13. The Labute approximate surface area is 189 Å². The van der Waals surface area contributed by atoms with Crippen LogP contribution in [-0.2, 0) is 4.79 Å². The minimum atomic E-state index is -0.453. The number of aryl methyl sites for hydroxylation is 1. The van der Waals surface area contributed by atoms with E-state index in [1.54, 1.807) is 24.3 Å². The lowest BCUT2D eigenvalue weighted by Crippen LogP contribution is -2.49. The van der Waals surface area contributed by atoms with E-state index in [0.29, 0.717) is 23.7 Å². The van der Waals surface area contributed by atoms with Gasteiger partial charge in [0.15, 0.2) is 11.7 Å². The highest BCUT2D eigenvalue weighted by Crippen LogP contribution is 2.23. The zero-order chi connectivity index (χ0) is 21.9. The molecule has 0 aromatic heterocycles. The van der Waals surface area contributed by atoms with Crippen LogP contribution < -0.4 is 25.6 Å². The molecule has 160 valence electrons. The van der Waals surface area contributed by atoms with Crippen molar-refractivity contribution in [3.05, 3.63) is 58.1 Å². The van der Waals surface area contributed by atoms with Gasteiger partial charge in [0, 0.05) is 4.47 Å². The summed E-state index contributed by atoms with van der Waals surface area (Å²) < 4.78 is 11.9. The van der Waals surface area contributed by atoms with E-state index >= 15 is 0 Å². The summed E-state index contributed by atoms with van der Waals surface area (Å²) in [4.78, 5) is 24.5. The van der Waals surface area contributed by atoms with Gasteiger partial charge in [-0.25, -0.2) is 0 Å². The van der Waals surface area contributed by atoms with E-state index in [2.05, 4.69) is 39.0 Å². The van der Waals surface area contributed by atoms with E-state index in [1.807, 2.05) is 25.1 Å². The van der Waals surface area contributed by atoms with Gasteiger partial charge in [0.2, 0.25) is 0 Å². The molecule has 0 atom stereocenters. The second kappa shape index (κ2) is 12.1. The Morgan fingerprint density at radius 1 is 1.07 bits per heavy atom. The standard InChI is InChI=1S/C21H24BrN3O4S/c1-3-4-11-28-18-10-9-15(22)12-16(18)20(27)23-21(30)25-24-19(26)13-29-17-8-6-5-7-14(17)2/h5-10,12H,3-4,11,13H2,1-2H3,(H,24,26)(H2,23,25,27,30). The van der Waals surface area contributed by atoms with E-state index in [0.717, 1.165) is 22.9 Å². The Kier molecular flexibility index (Phi) is 9.56. The Morgan fingerprint density at radius 3 is 2.57 bits per heavy atom. The summed E-state index contributed by atoms with van der Waals surface area (Å²) in [6.45, 7) is 4.26. The van der Waals surface area contributed by atoms with Crippen molar-refractivity contribution in [3.63, 3.8) is 0 Å². The monoisotopic (exact) mass is 493 g/mol. The fourth-order valence-electron chi connectivity index (χ4n) is 2.36. The molecule has 0 unspecified atom stereocenters. The maximum atomic E-state index is 12.6. The molecule has 7 nitrogen and oxygen atoms in total. The first-order chi connectivity index (χ1) is 14.4. The van der Waals surface area contributed by atoms with Crippen molar-refractivity contribution < 1.29 is 19.1 Å². The van der Waals surface area contributed by atoms with Crippen LogP contribution in [0.4, 0.5) is 0 Å². The van der Waals surface area contributed by atoms with Crippen molar-refractivity contribution in [2.45, 2.75) is 26.7 Å². The number of rotatable bonds is 8. The molecule has 0 spiro atoms. The summed E-state index contributed by atoms with van der Waals surface area (Å²) in [6.07, 6.45) is 1.87. The van der Waals surface area contributed by atoms with E-state index < -0.39 is 11.8 Å². The summed E-state index contributed by atoms with van der Waals surface area (Å²) in [7, 11) is 0. The molecule has 3 N–H and O–H groups in total. The molecule has 0 bridgehead atoms. The van der Waals surface area contributed by atoms with Crippen molar-refractivity contribution in [1.29, 1.82) is 0 Å². The van der Waals surface area contributed by atoms with Gasteiger partial charge < -0.3 is 9.47 Å². The minimum Gasteiger partial charge on any atom is -0.493 e. The molecule has 0 radical (unpaired) electrons. The topological polar surface area (TPSA) is 88.7 Å². The van der Waals surface area contributed by atoms with Crippen LogP contribution in [0.2, 0.25) is 0 Å².